The Kier molecular flexibility index (Phi) is 5.47. The van der Waals surface area contributed by atoms with E-state index < -0.39 is 0 Å². The van der Waals surface area contributed by atoms with Crippen LogP contribution in [-0.4, -0.2) is 19.1 Å². The predicted octanol–water partition coefficient (Wildman–Crippen LogP) is 12.3. The highest BCUT2D eigenvalue weighted by Crippen LogP contribution is 2.47. The van der Waals surface area contributed by atoms with E-state index in [2.05, 4.69) is 172 Å². The monoisotopic (exact) mass is 660 g/mol. The molecule has 1 aliphatic carbocycles. The van der Waals surface area contributed by atoms with E-state index in [1.54, 1.807) is 0 Å². The summed E-state index contributed by atoms with van der Waals surface area (Å²) in [5.74, 6) is 0.922. The number of para-hydroxylation sites is 2. The molecule has 4 heterocycles. The van der Waals surface area contributed by atoms with E-state index in [0.717, 1.165) is 28.1 Å². The number of hydrogen-bond acceptors (Lipinski definition) is 2. The molecular formula is C48H28N4. The van der Waals surface area contributed by atoms with Crippen molar-refractivity contribution < 1.29 is 0 Å². The fourth-order valence-electron chi connectivity index (χ4n) is 8.89. The van der Waals surface area contributed by atoms with Crippen molar-refractivity contribution in [1.29, 1.82) is 0 Å². The van der Waals surface area contributed by atoms with Crippen LogP contribution in [0.3, 0.4) is 0 Å². The molecule has 0 fully saturated rings. The third-order valence-electron chi connectivity index (χ3n) is 11.1. The van der Waals surface area contributed by atoms with Crippen molar-refractivity contribution in [3.05, 3.63) is 170 Å². The highest BCUT2D eigenvalue weighted by molar-refractivity contribution is 6.22. The molecule has 1 aliphatic rings. The predicted molar refractivity (Wildman–Crippen MR) is 216 cm³/mol. The molecular weight excluding hydrogens is 633 g/mol. The van der Waals surface area contributed by atoms with Gasteiger partial charge in [0.15, 0.2) is 0 Å². The lowest BCUT2D eigenvalue weighted by Crippen LogP contribution is -1.98. The first-order valence-electron chi connectivity index (χ1n) is 17.7. The number of benzene rings is 7. The zero-order valence-corrected chi connectivity index (χ0v) is 28.0. The van der Waals surface area contributed by atoms with E-state index in [4.69, 9.17) is 4.98 Å². The third-order valence-corrected chi connectivity index (χ3v) is 11.1. The maximum absolute atomic E-state index is 5.30. The number of hydrogen-bond donors (Lipinski definition) is 0. The number of nitrogens with zero attached hydrogens (tertiary/aromatic N) is 4. The second-order valence-corrected chi connectivity index (χ2v) is 13.8. The molecule has 240 valence electrons. The molecule has 11 aromatic rings. The van der Waals surface area contributed by atoms with Gasteiger partial charge in [0.1, 0.15) is 5.82 Å². The zero-order chi connectivity index (χ0) is 33.9. The number of aromatic nitrogens is 4. The summed E-state index contributed by atoms with van der Waals surface area (Å²) in [6, 6.07) is 57.3. The summed E-state index contributed by atoms with van der Waals surface area (Å²) in [7, 11) is 0. The van der Waals surface area contributed by atoms with Crippen LogP contribution in [-0.2, 0) is 0 Å². The van der Waals surface area contributed by atoms with Crippen LogP contribution in [0.15, 0.2) is 170 Å². The van der Waals surface area contributed by atoms with E-state index in [1.165, 1.54) is 82.1 Å². The Labute approximate surface area is 298 Å². The molecule has 0 unspecified atom stereocenters. The summed E-state index contributed by atoms with van der Waals surface area (Å²) >= 11 is 0. The summed E-state index contributed by atoms with van der Waals surface area (Å²) in [6.07, 6.45) is 3.86. The van der Waals surface area contributed by atoms with Gasteiger partial charge in [0, 0.05) is 50.6 Å². The van der Waals surface area contributed by atoms with Crippen LogP contribution in [0.2, 0.25) is 0 Å². The normalized spacial score (nSPS) is 12.2. The highest BCUT2D eigenvalue weighted by Gasteiger charge is 2.24. The third kappa shape index (κ3) is 3.70. The molecule has 0 aliphatic heterocycles. The van der Waals surface area contributed by atoms with Crippen LogP contribution < -0.4 is 0 Å². The Hall–Kier alpha value is -7.04. The molecule has 0 saturated heterocycles. The topological polar surface area (TPSA) is 35.6 Å². The Morgan fingerprint density at radius 1 is 0.404 bits per heavy atom. The fraction of sp³-hybridized carbons (Fsp3) is 0. The van der Waals surface area contributed by atoms with E-state index in [-0.39, 0.29) is 0 Å². The van der Waals surface area contributed by atoms with Crippen molar-refractivity contribution in [3.63, 3.8) is 0 Å². The Morgan fingerprint density at radius 2 is 1.13 bits per heavy atom. The lowest BCUT2D eigenvalue weighted by Gasteiger charge is -2.11. The molecule has 0 atom stereocenters. The van der Waals surface area contributed by atoms with Gasteiger partial charge < -0.3 is 4.57 Å². The van der Waals surface area contributed by atoms with Gasteiger partial charge in [-0.25, -0.2) is 4.98 Å². The summed E-state index contributed by atoms with van der Waals surface area (Å²) in [5.41, 5.74) is 14.1. The van der Waals surface area contributed by atoms with Gasteiger partial charge in [-0.15, -0.1) is 0 Å². The molecule has 0 amide bonds. The average molecular weight is 661 g/mol. The van der Waals surface area contributed by atoms with Gasteiger partial charge in [0.2, 0.25) is 0 Å². The maximum atomic E-state index is 5.30. The van der Waals surface area contributed by atoms with Gasteiger partial charge in [-0.2, -0.15) is 0 Å². The van der Waals surface area contributed by atoms with Gasteiger partial charge in [0.05, 0.1) is 27.6 Å². The number of pyridine rings is 2. The van der Waals surface area contributed by atoms with E-state index in [9.17, 15) is 0 Å². The van der Waals surface area contributed by atoms with Gasteiger partial charge in [-0.1, -0.05) is 91.0 Å². The molecule has 0 N–H and O–H groups in total. The lowest BCUT2D eigenvalue weighted by atomic mass is 9.99. The Balaban J connectivity index is 1.09. The lowest BCUT2D eigenvalue weighted by molar-refractivity contribution is 1.10. The number of fused-ring (bicyclic) bond motifs is 11. The van der Waals surface area contributed by atoms with Crippen LogP contribution in [0.5, 0.6) is 0 Å². The molecule has 0 radical (unpaired) electrons. The molecule has 0 saturated carbocycles. The molecule has 0 bridgehead atoms. The van der Waals surface area contributed by atoms with Crippen LogP contribution in [0.25, 0.3) is 110 Å². The molecule has 12 rings (SSSR count). The molecule has 7 aromatic carbocycles. The Bertz CT molecular complexity index is 3290. The van der Waals surface area contributed by atoms with E-state index >= 15 is 0 Å². The molecule has 52 heavy (non-hydrogen) atoms. The second-order valence-electron chi connectivity index (χ2n) is 13.8. The first-order chi connectivity index (χ1) is 25.8. The highest BCUT2D eigenvalue weighted by atomic mass is 15.1. The van der Waals surface area contributed by atoms with Crippen molar-refractivity contribution in [2.75, 3.05) is 0 Å². The minimum atomic E-state index is 0.922. The van der Waals surface area contributed by atoms with Crippen molar-refractivity contribution in [3.8, 4) is 44.9 Å². The summed E-state index contributed by atoms with van der Waals surface area (Å²) < 4.78 is 4.73. The minimum absolute atomic E-state index is 0.922. The summed E-state index contributed by atoms with van der Waals surface area (Å²) in [4.78, 5) is 9.75. The van der Waals surface area contributed by atoms with E-state index in [0.29, 0.717) is 0 Å². The van der Waals surface area contributed by atoms with Crippen molar-refractivity contribution in [2.24, 2.45) is 0 Å². The zero-order valence-electron chi connectivity index (χ0n) is 28.0. The van der Waals surface area contributed by atoms with Crippen LogP contribution in [0.4, 0.5) is 0 Å². The SMILES string of the molecule is c1ccc(-n2c3ccc(-c4ccc5c(c4)c4ccccc4n5-c4cc5c6c(cccc6n4)-c4cnccc4-5)cc3c3c4ccccc4ccc32)cc1. The largest absolute Gasteiger partial charge is 0.309 e. The first-order valence-corrected chi connectivity index (χ1v) is 17.7. The fourth-order valence-corrected chi connectivity index (χ4v) is 8.89. The molecule has 0 spiro atoms. The van der Waals surface area contributed by atoms with Crippen LogP contribution in [0, 0.1) is 0 Å². The van der Waals surface area contributed by atoms with Gasteiger partial charge >= 0.3 is 0 Å². The quantitative estimate of drug-likeness (QED) is 0.189. The van der Waals surface area contributed by atoms with Crippen molar-refractivity contribution in [1.82, 2.24) is 19.1 Å². The maximum Gasteiger partial charge on any atom is 0.138 e. The van der Waals surface area contributed by atoms with Crippen LogP contribution in [0.1, 0.15) is 0 Å². The van der Waals surface area contributed by atoms with Gasteiger partial charge in [-0.3, -0.25) is 9.55 Å². The minimum Gasteiger partial charge on any atom is -0.309 e. The van der Waals surface area contributed by atoms with Gasteiger partial charge in [0.25, 0.3) is 0 Å². The van der Waals surface area contributed by atoms with Gasteiger partial charge in [-0.05, 0) is 105 Å². The Morgan fingerprint density at radius 3 is 2.02 bits per heavy atom. The molecule has 4 nitrogen and oxygen atoms in total. The average Bonchev–Trinajstić information content (AvgIpc) is 3.84. The smallest absolute Gasteiger partial charge is 0.138 e. The summed E-state index contributed by atoms with van der Waals surface area (Å²) in [6.45, 7) is 0. The summed E-state index contributed by atoms with van der Waals surface area (Å²) in [5, 5.41) is 8.68. The van der Waals surface area contributed by atoms with Crippen LogP contribution >= 0.6 is 0 Å². The van der Waals surface area contributed by atoms with Crippen molar-refractivity contribution >= 4 is 65.3 Å². The number of rotatable bonds is 3. The van der Waals surface area contributed by atoms with Crippen molar-refractivity contribution in [2.45, 2.75) is 0 Å². The standard InChI is InChI=1S/C48H28N4/c1-2-10-32(11-3-1)51-44-21-19-31(26-39(44)48-33-12-5-4-9-29(33)17-22-45(48)51)30-18-20-43-37(25-30)35-13-6-7-16-42(35)52(43)46-27-38-34-23-24-49-28-40(34)36-14-8-15-41(50-46)47(36)38/h1-28H. The molecule has 4 aromatic heterocycles. The molecule has 4 heteroatoms. The van der Waals surface area contributed by atoms with E-state index in [1.807, 2.05) is 12.4 Å². The second kappa shape index (κ2) is 10.3. The first kappa shape index (κ1) is 27.7.